The average Bonchev–Trinajstić information content (AvgIpc) is 3.23. The Hall–Kier alpha value is -2.34. The minimum absolute atomic E-state index is 0.136. The van der Waals surface area contributed by atoms with Crippen molar-refractivity contribution in [1.82, 2.24) is 15.6 Å². The van der Waals surface area contributed by atoms with Crippen molar-refractivity contribution >= 4 is 6.03 Å². The van der Waals surface area contributed by atoms with Crippen LogP contribution in [0.3, 0.4) is 0 Å². The third kappa shape index (κ3) is 3.85. The summed E-state index contributed by atoms with van der Waals surface area (Å²) in [5.74, 6) is 1.17. The van der Waals surface area contributed by atoms with Crippen LogP contribution in [0, 0.1) is 0 Å². The maximum absolute atomic E-state index is 11.7. The number of nitrogens with zero attached hydrogens (tertiary/aromatic N) is 1. The summed E-state index contributed by atoms with van der Waals surface area (Å²) in [5, 5.41) is 5.51. The van der Waals surface area contributed by atoms with Crippen molar-refractivity contribution in [3.63, 3.8) is 0 Å². The SMILES string of the molecule is O=C(NCc1ncc(-c2ccccc2)o1)NCC1CCCO1. The van der Waals surface area contributed by atoms with Crippen LogP contribution < -0.4 is 10.6 Å². The van der Waals surface area contributed by atoms with Gasteiger partial charge in [0, 0.05) is 18.7 Å². The second-order valence-electron chi connectivity index (χ2n) is 5.18. The highest BCUT2D eigenvalue weighted by Crippen LogP contribution is 2.19. The molecule has 1 aliphatic rings. The first kappa shape index (κ1) is 14.6. The summed E-state index contributed by atoms with van der Waals surface area (Å²) in [4.78, 5) is 15.9. The van der Waals surface area contributed by atoms with Crippen molar-refractivity contribution in [3.05, 3.63) is 42.4 Å². The summed E-state index contributed by atoms with van der Waals surface area (Å²) in [6.07, 6.45) is 3.86. The van der Waals surface area contributed by atoms with Gasteiger partial charge >= 0.3 is 6.03 Å². The summed E-state index contributed by atoms with van der Waals surface area (Å²) < 4.78 is 11.1. The topological polar surface area (TPSA) is 76.4 Å². The molecule has 0 spiro atoms. The van der Waals surface area contributed by atoms with Gasteiger partial charge in [-0.3, -0.25) is 0 Å². The minimum Gasteiger partial charge on any atom is -0.439 e. The van der Waals surface area contributed by atoms with Crippen LogP contribution in [0.1, 0.15) is 18.7 Å². The number of aromatic nitrogens is 1. The van der Waals surface area contributed by atoms with Gasteiger partial charge in [0.25, 0.3) is 0 Å². The molecule has 0 saturated carbocycles. The molecule has 1 unspecified atom stereocenters. The van der Waals surface area contributed by atoms with E-state index in [-0.39, 0.29) is 18.7 Å². The van der Waals surface area contributed by atoms with Crippen molar-refractivity contribution in [2.24, 2.45) is 0 Å². The number of hydrogen-bond acceptors (Lipinski definition) is 4. The third-order valence-electron chi connectivity index (χ3n) is 3.53. The normalized spacial score (nSPS) is 17.4. The van der Waals surface area contributed by atoms with Gasteiger partial charge in [0.05, 0.1) is 18.8 Å². The van der Waals surface area contributed by atoms with E-state index in [1.807, 2.05) is 30.3 Å². The van der Waals surface area contributed by atoms with Crippen molar-refractivity contribution in [2.45, 2.75) is 25.5 Å². The van der Waals surface area contributed by atoms with Gasteiger partial charge in [0.2, 0.25) is 5.89 Å². The van der Waals surface area contributed by atoms with E-state index in [4.69, 9.17) is 9.15 Å². The summed E-state index contributed by atoms with van der Waals surface area (Å²) >= 11 is 0. The van der Waals surface area contributed by atoms with Crippen LogP contribution in [-0.2, 0) is 11.3 Å². The van der Waals surface area contributed by atoms with Crippen LogP contribution in [0.2, 0.25) is 0 Å². The fraction of sp³-hybridized carbons (Fsp3) is 0.375. The molecule has 2 heterocycles. The van der Waals surface area contributed by atoms with Crippen LogP contribution >= 0.6 is 0 Å². The quantitative estimate of drug-likeness (QED) is 0.888. The molecule has 22 heavy (non-hydrogen) atoms. The second-order valence-corrected chi connectivity index (χ2v) is 5.18. The fourth-order valence-electron chi connectivity index (χ4n) is 2.36. The summed E-state index contributed by atoms with van der Waals surface area (Å²) in [6.45, 7) is 1.57. The first-order valence-electron chi connectivity index (χ1n) is 7.45. The smallest absolute Gasteiger partial charge is 0.315 e. The number of amides is 2. The summed E-state index contributed by atoms with van der Waals surface area (Å²) in [7, 11) is 0. The summed E-state index contributed by atoms with van der Waals surface area (Å²) in [5.41, 5.74) is 0.962. The molecule has 0 aliphatic carbocycles. The van der Waals surface area contributed by atoms with Gasteiger partial charge in [-0.2, -0.15) is 0 Å². The van der Waals surface area contributed by atoms with Crippen LogP contribution in [0.4, 0.5) is 4.79 Å². The van der Waals surface area contributed by atoms with Crippen molar-refractivity contribution in [3.8, 4) is 11.3 Å². The molecule has 116 valence electrons. The standard InChI is InChI=1S/C16H19N3O3/c20-16(18-9-13-7-4-8-21-13)19-11-15-17-10-14(22-15)12-5-2-1-3-6-12/h1-3,5-6,10,13H,4,7-9,11H2,(H2,18,19,20). The van der Waals surface area contributed by atoms with Crippen LogP contribution in [0.5, 0.6) is 0 Å². The van der Waals surface area contributed by atoms with Gasteiger partial charge in [0.15, 0.2) is 5.76 Å². The Labute approximate surface area is 128 Å². The molecule has 1 aromatic carbocycles. The lowest BCUT2D eigenvalue weighted by Crippen LogP contribution is -2.39. The molecular weight excluding hydrogens is 282 g/mol. The molecule has 1 aliphatic heterocycles. The van der Waals surface area contributed by atoms with Crippen LogP contribution in [-0.4, -0.2) is 30.3 Å². The maximum Gasteiger partial charge on any atom is 0.315 e. The molecule has 2 amide bonds. The molecule has 1 saturated heterocycles. The predicted octanol–water partition coefficient (Wildman–Crippen LogP) is 2.32. The van der Waals surface area contributed by atoms with Gasteiger partial charge in [-0.1, -0.05) is 30.3 Å². The number of nitrogens with one attached hydrogen (secondary N) is 2. The van der Waals surface area contributed by atoms with Crippen molar-refractivity contribution in [2.75, 3.05) is 13.2 Å². The van der Waals surface area contributed by atoms with E-state index in [1.54, 1.807) is 6.20 Å². The van der Waals surface area contributed by atoms with E-state index < -0.39 is 0 Å². The maximum atomic E-state index is 11.7. The molecule has 2 N–H and O–H groups in total. The lowest BCUT2D eigenvalue weighted by Gasteiger charge is -2.10. The van der Waals surface area contributed by atoms with Gasteiger partial charge in [-0.15, -0.1) is 0 Å². The Bertz CT molecular complexity index is 606. The Morgan fingerprint density at radius 1 is 1.27 bits per heavy atom. The zero-order valence-corrected chi connectivity index (χ0v) is 12.2. The Morgan fingerprint density at radius 3 is 2.91 bits per heavy atom. The van der Waals surface area contributed by atoms with Crippen LogP contribution in [0.15, 0.2) is 40.9 Å². The number of ether oxygens (including phenoxy) is 1. The van der Waals surface area contributed by atoms with E-state index in [1.165, 1.54) is 0 Å². The highest BCUT2D eigenvalue weighted by Gasteiger charge is 2.16. The monoisotopic (exact) mass is 301 g/mol. The number of rotatable bonds is 5. The van der Waals surface area contributed by atoms with Gasteiger partial charge in [0.1, 0.15) is 0 Å². The molecule has 0 radical (unpaired) electrons. The molecular formula is C16H19N3O3. The van der Waals surface area contributed by atoms with E-state index in [0.717, 1.165) is 25.0 Å². The zero-order chi connectivity index (χ0) is 15.2. The number of carbonyl (C=O) groups excluding carboxylic acids is 1. The molecule has 1 aromatic heterocycles. The molecule has 6 heteroatoms. The van der Waals surface area contributed by atoms with Crippen molar-refractivity contribution in [1.29, 1.82) is 0 Å². The average molecular weight is 301 g/mol. The Balaban J connectivity index is 1.45. The van der Waals surface area contributed by atoms with Gasteiger partial charge < -0.3 is 19.8 Å². The molecule has 1 atom stereocenters. The molecule has 1 fully saturated rings. The number of oxazole rings is 1. The fourth-order valence-corrected chi connectivity index (χ4v) is 2.36. The van der Waals surface area contributed by atoms with E-state index >= 15 is 0 Å². The first-order valence-corrected chi connectivity index (χ1v) is 7.45. The van der Waals surface area contributed by atoms with E-state index in [2.05, 4.69) is 15.6 Å². The Morgan fingerprint density at radius 2 is 2.14 bits per heavy atom. The molecule has 6 nitrogen and oxygen atoms in total. The number of carbonyl (C=O) groups is 1. The van der Waals surface area contributed by atoms with Crippen molar-refractivity contribution < 1.29 is 13.9 Å². The number of benzene rings is 1. The number of urea groups is 1. The third-order valence-corrected chi connectivity index (χ3v) is 3.53. The molecule has 3 rings (SSSR count). The van der Waals surface area contributed by atoms with E-state index in [9.17, 15) is 4.79 Å². The second kappa shape index (κ2) is 7.09. The largest absolute Gasteiger partial charge is 0.439 e. The summed E-state index contributed by atoms with van der Waals surface area (Å²) in [6, 6.07) is 9.48. The van der Waals surface area contributed by atoms with Crippen LogP contribution in [0.25, 0.3) is 11.3 Å². The highest BCUT2D eigenvalue weighted by atomic mass is 16.5. The van der Waals surface area contributed by atoms with Gasteiger partial charge in [-0.05, 0) is 12.8 Å². The predicted molar refractivity (Wildman–Crippen MR) is 81.2 cm³/mol. The minimum atomic E-state index is -0.241. The Kier molecular flexibility index (Phi) is 4.70. The zero-order valence-electron chi connectivity index (χ0n) is 12.2. The van der Waals surface area contributed by atoms with E-state index in [0.29, 0.717) is 18.2 Å². The molecule has 2 aromatic rings. The van der Waals surface area contributed by atoms with Gasteiger partial charge in [-0.25, -0.2) is 9.78 Å². The highest BCUT2D eigenvalue weighted by molar-refractivity contribution is 5.73. The first-order chi connectivity index (χ1) is 10.8. The lowest BCUT2D eigenvalue weighted by atomic mass is 10.2. The number of hydrogen-bond donors (Lipinski definition) is 2. The molecule has 0 bridgehead atoms. The lowest BCUT2D eigenvalue weighted by molar-refractivity contribution is 0.111.